The molecule has 1 unspecified atom stereocenters. The summed E-state index contributed by atoms with van der Waals surface area (Å²) in [6.45, 7) is 2.20. The fraction of sp³-hybridized carbons (Fsp3) is 0.222. The molecule has 0 heterocycles. The highest BCUT2D eigenvalue weighted by molar-refractivity contribution is 5.71. The van der Waals surface area contributed by atoms with E-state index in [1.807, 2.05) is 0 Å². The number of aryl methyl sites for hydroxylation is 5. The van der Waals surface area contributed by atoms with Gasteiger partial charge in [-0.25, -0.2) is 0 Å². The van der Waals surface area contributed by atoms with E-state index in [1.54, 1.807) is 0 Å². The van der Waals surface area contributed by atoms with Crippen molar-refractivity contribution >= 4 is 36.5 Å². The van der Waals surface area contributed by atoms with Crippen molar-refractivity contribution < 1.29 is 0 Å². The second-order valence-electron chi connectivity index (χ2n) is 14.9. The maximum atomic E-state index is 6.19. The van der Waals surface area contributed by atoms with Gasteiger partial charge in [0.25, 0.3) is 0 Å². The molecule has 0 aliphatic heterocycles. The van der Waals surface area contributed by atoms with Crippen LogP contribution in [-0.4, -0.2) is 6.04 Å². The van der Waals surface area contributed by atoms with Crippen molar-refractivity contribution in [2.75, 3.05) is 0 Å². The highest BCUT2D eigenvalue weighted by atomic mass is 14.6. The van der Waals surface area contributed by atoms with E-state index < -0.39 is 0 Å². The predicted molar refractivity (Wildman–Crippen MR) is 241 cm³/mol. The van der Waals surface area contributed by atoms with Crippen LogP contribution in [0.15, 0.2) is 152 Å². The standard InChI is InChI=1S/C54H57N/c1-2-8-54(55)42-41-53-39-37-52(38-40-53)36-35-51-31-22-47(23-32-51)14-7-13-46-20-29-50(30-21-46)34-33-49-27-18-45(19-28-49)12-6-11-44-16-25-48(26-17-44)24-15-43-9-4-3-5-10-43/h3-5,9-10,15-40,54H,2,6-8,11-14,41-42,55H2,1H3. The summed E-state index contributed by atoms with van der Waals surface area (Å²) in [6, 6.07) is 55.7. The Morgan fingerprint density at radius 2 is 0.618 bits per heavy atom. The number of benzene rings is 6. The van der Waals surface area contributed by atoms with Crippen molar-refractivity contribution in [1.29, 1.82) is 0 Å². The molecule has 6 aromatic rings. The molecule has 0 radical (unpaired) electrons. The molecule has 0 bridgehead atoms. The first-order valence-corrected chi connectivity index (χ1v) is 20.4. The molecule has 0 aliphatic rings. The van der Waals surface area contributed by atoms with Crippen molar-refractivity contribution in [3.05, 3.63) is 213 Å². The van der Waals surface area contributed by atoms with Gasteiger partial charge in [-0.15, -0.1) is 0 Å². The Bertz CT molecular complexity index is 2060. The average molecular weight is 720 g/mol. The Kier molecular flexibility index (Phi) is 15.3. The highest BCUT2D eigenvalue weighted by Gasteiger charge is 2.03. The minimum Gasteiger partial charge on any atom is -0.328 e. The minimum atomic E-state index is 0.314. The molecule has 0 saturated heterocycles. The van der Waals surface area contributed by atoms with Gasteiger partial charge in [-0.2, -0.15) is 0 Å². The Morgan fingerprint density at radius 1 is 0.345 bits per heavy atom. The smallest absolute Gasteiger partial charge is 0.00418 e. The lowest BCUT2D eigenvalue weighted by molar-refractivity contribution is 0.561. The quantitative estimate of drug-likeness (QED) is 0.0829. The Labute approximate surface area is 331 Å². The van der Waals surface area contributed by atoms with Crippen LogP contribution in [0.5, 0.6) is 0 Å². The number of hydrogen-bond acceptors (Lipinski definition) is 1. The summed E-state index contributed by atoms with van der Waals surface area (Å²) >= 11 is 0. The summed E-state index contributed by atoms with van der Waals surface area (Å²) < 4.78 is 0. The third-order valence-corrected chi connectivity index (χ3v) is 10.4. The number of rotatable bonds is 19. The van der Waals surface area contributed by atoms with Crippen molar-refractivity contribution in [2.24, 2.45) is 5.73 Å². The second kappa shape index (κ2) is 21.4. The molecule has 1 heteroatoms. The van der Waals surface area contributed by atoms with E-state index in [9.17, 15) is 0 Å². The summed E-state index contributed by atoms with van der Waals surface area (Å²) in [5, 5.41) is 0. The molecule has 1 nitrogen and oxygen atoms in total. The van der Waals surface area contributed by atoms with E-state index in [4.69, 9.17) is 5.73 Å². The molecule has 1 atom stereocenters. The van der Waals surface area contributed by atoms with Crippen LogP contribution >= 0.6 is 0 Å². The predicted octanol–water partition coefficient (Wildman–Crippen LogP) is 13.6. The largest absolute Gasteiger partial charge is 0.328 e. The summed E-state index contributed by atoms with van der Waals surface area (Å²) in [6.07, 6.45) is 24.2. The second-order valence-corrected chi connectivity index (χ2v) is 14.9. The zero-order chi connectivity index (χ0) is 37.9. The summed E-state index contributed by atoms with van der Waals surface area (Å²) in [4.78, 5) is 0. The van der Waals surface area contributed by atoms with Gasteiger partial charge in [0.2, 0.25) is 0 Å². The third kappa shape index (κ3) is 13.7. The fourth-order valence-corrected chi connectivity index (χ4v) is 6.98. The molecule has 0 saturated carbocycles. The molecule has 0 amide bonds. The van der Waals surface area contributed by atoms with E-state index in [1.165, 1.54) is 61.2 Å². The van der Waals surface area contributed by atoms with Crippen LogP contribution in [0.2, 0.25) is 0 Å². The highest BCUT2D eigenvalue weighted by Crippen LogP contribution is 2.18. The molecular formula is C54H57N. The van der Waals surface area contributed by atoms with E-state index in [-0.39, 0.29) is 0 Å². The SMILES string of the molecule is CCCC(N)CCc1ccc(C=Cc2ccc(CCCc3ccc(C=Cc4ccc(CCCc5ccc(C=Cc6ccccc6)cc5)cc4)cc3)cc2)cc1. The molecule has 55 heavy (non-hydrogen) atoms. The first kappa shape index (κ1) is 39.2. The molecule has 6 rings (SSSR count). The Hall–Kier alpha value is -5.50. The Morgan fingerprint density at radius 3 is 0.909 bits per heavy atom. The van der Waals surface area contributed by atoms with Gasteiger partial charge in [-0.3, -0.25) is 0 Å². The third-order valence-electron chi connectivity index (χ3n) is 10.4. The molecular weight excluding hydrogens is 663 g/mol. The molecule has 6 aromatic carbocycles. The molecule has 2 N–H and O–H groups in total. The lowest BCUT2D eigenvalue weighted by Crippen LogP contribution is -2.20. The lowest BCUT2D eigenvalue weighted by atomic mass is 10.0. The van der Waals surface area contributed by atoms with Crippen LogP contribution in [0, 0.1) is 0 Å². The maximum absolute atomic E-state index is 6.19. The van der Waals surface area contributed by atoms with Crippen LogP contribution < -0.4 is 5.73 Å². The average Bonchev–Trinajstić information content (AvgIpc) is 3.23. The number of hydrogen-bond donors (Lipinski definition) is 1. The first-order chi connectivity index (χ1) is 27.1. The van der Waals surface area contributed by atoms with Gasteiger partial charge in [0.05, 0.1) is 0 Å². The van der Waals surface area contributed by atoms with Crippen molar-refractivity contribution in [3.8, 4) is 0 Å². The summed E-state index contributed by atoms with van der Waals surface area (Å²) in [5.41, 5.74) is 20.5. The zero-order valence-corrected chi connectivity index (χ0v) is 32.6. The topological polar surface area (TPSA) is 26.0 Å². The van der Waals surface area contributed by atoms with E-state index in [2.05, 4.69) is 195 Å². The summed E-state index contributed by atoms with van der Waals surface area (Å²) in [7, 11) is 0. The fourth-order valence-electron chi connectivity index (χ4n) is 6.98. The molecule has 0 fully saturated rings. The van der Waals surface area contributed by atoms with Crippen LogP contribution in [0.25, 0.3) is 36.5 Å². The van der Waals surface area contributed by atoms with Crippen molar-refractivity contribution in [1.82, 2.24) is 0 Å². The van der Waals surface area contributed by atoms with E-state index in [0.29, 0.717) is 6.04 Å². The lowest BCUT2D eigenvalue weighted by Gasteiger charge is -2.09. The monoisotopic (exact) mass is 719 g/mol. The van der Waals surface area contributed by atoms with Crippen LogP contribution in [0.4, 0.5) is 0 Å². The zero-order valence-electron chi connectivity index (χ0n) is 32.6. The Balaban J connectivity index is 0.871. The molecule has 0 aromatic heterocycles. The molecule has 0 aliphatic carbocycles. The van der Waals surface area contributed by atoms with Gasteiger partial charge >= 0.3 is 0 Å². The maximum Gasteiger partial charge on any atom is 0.00418 e. The minimum absolute atomic E-state index is 0.314. The van der Waals surface area contributed by atoms with Crippen LogP contribution in [-0.2, 0) is 32.1 Å². The molecule has 0 spiro atoms. The normalized spacial score (nSPS) is 12.3. The van der Waals surface area contributed by atoms with Crippen LogP contribution in [0.1, 0.15) is 100 Å². The first-order valence-electron chi connectivity index (χ1n) is 20.4. The molecule has 278 valence electrons. The number of nitrogens with two attached hydrogens (primary N) is 1. The van der Waals surface area contributed by atoms with Crippen molar-refractivity contribution in [3.63, 3.8) is 0 Å². The van der Waals surface area contributed by atoms with Gasteiger partial charge in [-0.1, -0.05) is 201 Å². The van der Waals surface area contributed by atoms with Crippen LogP contribution in [0.3, 0.4) is 0 Å². The van der Waals surface area contributed by atoms with E-state index in [0.717, 1.165) is 64.2 Å². The van der Waals surface area contributed by atoms with Gasteiger partial charge in [0.15, 0.2) is 0 Å². The van der Waals surface area contributed by atoms with Crippen molar-refractivity contribution in [2.45, 2.75) is 77.2 Å². The van der Waals surface area contributed by atoms with Gasteiger partial charge < -0.3 is 5.73 Å². The van der Waals surface area contributed by atoms with Gasteiger partial charge in [0, 0.05) is 6.04 Å². The summed E-state index contributed by atoms with van der Waals surface area (Å²) in [5.74, 6) is 0. The van der Waals surface area contributed by atoms with E-state index >= 15 is 0 Å². The van der Waals surface area contributed by atoms with Gasteiger partial charge in [-0.05, 0) is 119 Å². The van der Waals surface area contributed by atoms with Gasteiger partial charge in [0.1, 0.15) is 0 Å².